The van der Waals surface area contributed by atoms with Crippen molar-refractivity contribution < 1.29 is 4.79 Å². The number of amides is 1. The second kappa shape index (κ2) is 6.25. The fourth-order valence-electron chi connectivity index (χ4n) is 3.28. The highest BCUT2D eigenvalue weighted by Gasteiger charge is 2.27. The summed E-state index contributed by atoms with van der Waals surface area (Å²) in [6.45, 7) is 6.44. The highest BCUT2D eigenvalue weighted by molar-refractivity contribution is 6.34. The van der Waals surface area contributed by atoms with Crippen LogP contribution in [0.25, 0.3) is 0 Å². The average Bonchev–Trinajstić information content (AvgIpc) is 2.79. The number of rotatable bonds is 3. The smallest absolute Gasteiger partial charge is 0.243 e. The third-order valence-electron chi connectivity index (χ3n) is 4.36. The van der Waals surface area contributed by atoms with Crippen molar-refractivity contribution in [1.82, 2.24) is 0 Å². The summed E-state index contributed by atoms with van der Waals surface area (Å²) in [4.78, 5) is 14.7. The number of hydrogen-bond donors (Lipinski definition) is 1. The Morgan fingerprint density at radius 1 is 1.30 bits per heavy atom. The van der Waals surface area contributed by atoms with Gasteiger partial charge in [-0.2, -0.15) is 0 Å². The lowest BCUT2D eigenvalue weighted by molar-refractivity contribution is -0.115. The van der Waals surface area contributed by atoms with E-state index in [4.69, 9.17) is 11.6 Å². The second-order valence-corrected chi connectivity index (χ2v) is 6.70. The van der Waals surface area contributed by atoms with Gasteiger partial charge in [-0.1, -0.05) is 35.9 Å². The number of anilines is 2. The number of nitrogens with zero attached hydrogens (tertiary/aromatic N) is 1. The SMILES string of the molecule is Cc1cc(C)c(NC(=O)CN2c3ccccc3C[C@@H]2C)c(Cl)c1. The summed E-state index contributed by atoms with van der Waals surface area (Å²) in [6, 6.07) is 12.5. The van der Waals surface area contributed by atoms with Gasteiger partial charge in [0, 0.05) is 11.7 Å². The normalized spacial score (nSPS) is 16.3. The summed E-state index contributed by atoms with van der Waals surface area (Å²) in [6.07, 6.45) is 0.980. The van der Waals surface area contributed by atoms with Gasteiger partial charge in [-0.05, 0) is 56.0 Å². The number of benzene rings is 2. The lowest BCUT2D eigenvalue weighted by Crippen LogP contribution is -2.37. The van der Waals surface area contributed by atoms with E-state index >= 15 is 0 Å². The highest BCUT2D eigenvalue weighted by atomic mass is 35.5. The standard InChI is InChI=1S/C19H21ClN2O/c1-12-8-13(2)19(16(20)9-12)21-18(23)11-22-14(3)10-15-6-4-5-7-17(15)22/h4-9,14H,10-11H2,1-3H3,(H,21,23)/t14-/m0/s1. The first-order valence-corrected chi connectivity index (χ1v) is 8.24. The predicted octanol–water partition coefficient (Wildman–Crippen LogP) is 4.35. The molecule has 1 atom stereocenters. The van der Waals surface area contributed by atoms with Gasteiger partial charge in [0.15, 0.2) is 0 Å². The molecule has 1 N–H and O–H groups in total. The second-order valence-electron chi connectivity index (χ2n) is 6.30. The van der Waals surface area contributed by atoms with Crippen LogP contribution < -0.4 is 10.2 Å². The molecule has 0 saturated heterocycles. The lowest BCUT2D eigenvalue weighted by Gasteiger charge is -2.24. The Morgan fingerprint density at radius 3 is 2.78 bits per heavy atom. The molecular weight excluding hydrogens is 308 g/mol. The van der Waals surface area contributed by atoms with Crippen molar-refractivity contribution in [2.24, 2.45) is 0 Å². The molecule has 0 radical (unpaired) electrons. The molecule has 0 unspecified atom stereocenters. The van der Waals surface area contributed by atoms with Crippen LogP contribution in [0, 0.1) is 13.8 Å². The number of fused-ring (bicyclic) bond motifs is 1. The quantitative estimate of drug-likeness (QED) is 0.908. The van der Waals surface area contributed by atoms with Gasteiger partial charge in [0.2, 0.25) is 5.91 Å². The van der Waals surface area contributed by atoms with Crippen LogP contribution in [0.1, 0.15) is 23.6 Å². The minimum absolute atomic E-state index is 0.0394. The largest absolute Gasteiger partial charge is 0.359 e. The van der Waals surface area contributed by atoms with Gasteiger partial charge in [-0.15, -0.1) is 0 Å². The number of carbonyl (C=O) groups is 1. The van der Waals surface area contributed by atoms with Crippen molar-refractivity contribution in [2.75, 3.05) is 16.8 Å². The van der Waals surface area contributed by atoms with E-state index in [1.165, 1.54) is 5.56 Å². The predicted molar refractivity (Wildman–Crippen MR) is 96.5 cm³/mol. The summed E-state index contributed by atoms with van der Waals surface area (Å²) in [5.74, 6) is -0.0394. The fourth-order valence-corrected chi connectivity index (χ4v) is 3.65. The number of nitrogens with one attached hydrogen (secondary N) is 1. The molecule has 2 aromatic carbocycles. The van der Waals surface area contributed by atoms with E-state index in [2.05, 4.69) is 29.3 Å². The van der Waals surface area contributed by atoms with Gasteiger partial charge in [-0.25, -0.2) is 0 Å². The first kappa shape index (κ1) is 15.9. The summed E-state index contributed by atoms with van der Waals surface area (Å²) < 4.78 is 0. The topological polar surface area (TPSA) is 32.3 Å². The Bertz CT molecular complexity index is 734. The molecule has 3 nitrogen and oxygen atoms in total. The highest BCUT2D eigenvalue weighted by Crippen LogP contribution is 2.32. The van der Waals surface area contributed by atoms with Crippen LogP contribution in [-0.2, 0) is 11.2 Å². The zero-order valence-electron chi connectivity index (χ0n) is 13.7. The van der Waals surface area contributed by atoms with Crippen LogP contribution in [0.4, 0.5) is 11.4 Å². The molecule has 0 bridgehead atoms. The minimum Gasteiger partial charge on any atom is -0.359 e. The summed E-state index contributed by atoms with van der Waals surface area (Å²) in [7, 11) is 0. The molecule has 23 heavy (non-hydrogen) atoms. The van der Waals surface area contributed by atoms with Crippen LogP contribution in [0.3, 0.4) is 0 Å². The Labute approximate surface area is 142 Å². The van der Waals surface area contributed by atoms with Gasteiger partial charge < -0.3 is 10.2 Å². The van der Waals surface area contributed by atoms with Crippen molar-refractivity contribution in [3.8, 4) is 0 Å². The Balaban J connectivity index is 1.76. The monoisotopic (exact) mass is 328 g/mol. The van der Waals surface area contributed by atoms with Gasteiger partial charge in [0.25, 0.3) is 0 Å². The van der Waals surface area contributed by atoms with Crippen LogP contribution in [0.15, 0.2) is 36.4 Å². The molecule has 1 heterocycles. The van der Waals surface area contributed by atoms with E-state index < -0.39 is 0 Å². The molecule has 4 heteroatoms. The van der Waals surface area contributed by atoms with E-state index in [1.807, 2.05) is 38.1 Å². The van der Waals surface area contributed by atoms with E-state index in [0.29, 0.717) is 23.3 Å². The number of carbonyl (C=O) groups excluding carboxylic acids is 1. The zero-order chi connectivity index (χ0) is 16.6. The fraction of sp³-hybridized carbons (Fsp3) is 0.316. The van der Waals surface area contributed by atoms with Crippen molar-refractivity contribution >= 4 is 28.9 Å². The first-order chi connectivity index (χ1) is 11.0. The molecule has 1 aliphatic rings. The van der Waals surface area contributed by atoms with Gasteiger partial charge >= 0.3 is 0 Å². The van der Waals surface area contributed by atoms with Gasteiger partial charge in [0.05, 0.1) is 17.3 Å². The maximum atomic E-state index is 12.5. The Kier molecular flexibility index (Phi) is 4.31. The molecule has 0 spiro atoms. The lowest BCUT2D eigenvalue weighted by atomic mass is 10.1. The molecule has 2 aromatic rings. The third kappa shape index (κ3) is 3.20. The van der Waals surface area contributed by atoms with Crippen molar-refractivity contribution in [3.63, 3.8) is 0 Å². The molecule has 0 aliphatic carbocycles. The van der Waals surface area contributed by atoms with Gasteiger partial charge in [-0.3, -0.25) is 4.79 Å². The van der Waals surface area contributed by atoms with E-state index in [-0.39, 0.29) is 5.91 Å². The molecule has 0 aromatic heterocycles. The van der Waals surface area contributed by atoms with Crippen LogP contribution in [0.5, 0.6) is 0 Å². The molecule has 1 aliphatic heterocycles. The average molecular weight is 329 g/mol. The Hall–Kier alpha value is -2.00. The Morgan fingerprint density at radius 2 is 2.04 bits per heavy atom. The van der Waals surface area contributed by atoms with Crippen LogP contribution in [0.2, 0.25) is 5.02 Å². The van der Waals surface area contributed by atoms with Crippen LogP contribution in [-0.4, -0.2) is 18.5 Å². The zero-order valence-corrected chi connectivity index (χ0v) is 14.4. The first-order valence-electron chi connectivity index (χ1n) is 7.87. The summed E-state index contributed by atoms with van der Waals surface area (Å²) >= 11 is 6.28. The van der Waals surface area contributed by atoms with Gasteiger partial charge in [0.1, 0.15) is 0 Å². The molecule has 1 amide bonds. The number of aryl methyl sites for hydroxylation is 2. The summed E-state index contributed by atoms with van der Waals surface area (Å²) in [5.41, 5.74) is 5.24. The molecule has 0 saturated carbocycles. The minimum atomic E-state index is -0.0394. The molecular formula is C19H21ClN2O. The maximum absolute atomic E-state index is 12.5. The molecule has 120 valence electrons. The number of halogens is 1. The van der Waals surface area contributed by atoms with E-state index in [0.717, 1.165) is 23.2 Å². The third-order valence-corrected chi connectivity index (χ3v) is 4.66. The number of para-hydroxylation sites is 1. The van der Waals surface area contributed by atoms with E-state index in [1.54, 1.807) is 0 Å². The summed E-state index contributed by atoms with van der Waals surface area (Å²) in [5, 5.41) is 3.56. The van der Waals surface area contributed by atoms with Crippen molar-refractivity contribution in [3.05, 3.63) is 58.1 Å². The molecule has 0 fully saturated rings. The van der Waals surface area contributed by atoms with Crippen LogP contribution >= 0.6 is 11.6 Å². The van der Waals surface area contributed by atoms with E-state index in [9.17, 15) is 4.79 Å². The van der Waals surface area contributed by atoms with Crippen molar-refractivity contribution in [2.45, 2.75) is 33.2 Å². The number of hydrogen-bond acceptors (Lipinski definition) is 2. The molecule has 3 rings (SSSR count). The van der Waals surface area contributed by atoms with Crippen molar-refractivity contribution in [1.29, 1.82) is 0 Å². The maximum Gasteiger partial charge on any atom is 0.243 e.